The Hall–Kier alpha value is -3.33. The maximum atomic E-state index is 12.8. The van der Waals surface area contributed by atoms with E-state index in [1.54, 1.807) is 0 Å². The molecule has 9 nitrogen and oxygen atoms in total. The summed E-state index contributed by atoms with van der Waals surface area (Å²) in [6, 6.07) is 0. The number of allylic oxidation sites excluding steroid dienone is 18. The van der Waals surface area contributed by atoms with E-state index in [9.17, 15) is 19.0 Å². The molecule has 78 heavy (non-hydrogen) atoms. The van der Waals surface area contributed by atoms with Crippen LogP contribution in [0.15, 0.2) is 109 Å². The van der Waals surface area contributed by atoms with E-state index in [1.807, 2.05) is 21.1 Å². The van der Waals surface area contributed by atoms with Crippen molar-refractivity contribution in [3.63, 3.8) is 0 Å². The van der Waals surface area contributed by atoms with Crippen molar-refractivity contribution in [3.8, 4) is 0 Å². The minimum absolute atomic E-state index is 0.0381. The summed E-state index contributed by atoms with van der Waals surface area (Å²) in [5.41, 5.74) is 0. The second kappa shape index (κ2) is 58.3. The summed E-state index contributed by atoms with van der Waals surface area (Å²) in [5.74, 6) is -0.847. The van der Waals surface area contributed by atoms with Gasteiger partial charge in [0.1, 0.15) is 19.8 Å². The van der Waals surface area contributed by atoms with E-state index in [-0.39, 0.29) is 32.0 Å². The molecule has 0 aromatic carbocycles. The third-order valence-corrected chi connectivity index (χ3v) is 14.2. The van der Waals surface area contributed by atoms with E-state index in [2.05, 4.69) is 123 Å². The van der Waals surface area contributed by atoms with E-state index in [0.717, 1.165) is 96.3 Å². The Bertz CT molecular complexity index is 1680. The fourth-order valence-corrected chi connectivity index (χ4v) is 9.16. The van der Waals surface area contributed by atoms with Gasteiger partial charge in [-0.2, -0.15) is 0 Å². The van der Waals surface area contributed by atoms with Gasteiger partial charge in [-0.25, -0.2) is 0 Å². The number of quaternary nitrogens is 1. The average Bonchev–Trinajstić information content (AvgIpc) is 3.41. The van der Waals surface area contributed by atoms with Gasteiger partial charge in [-0.05, 0) is 103 Å². The lowest BCUT2D eigenvalue weighted by atomic mass is 10.0. The van der Waals surface area contributed by atoms with Gasteiger partial charge in [0.2, 0.25) is 0 Å². The molecule has 0 rings (SSSR count). The first kappa shape index (κ1) is 74.7. The fourth-order valence-electron chi connectivity index (χ4n) is 8.43. The second-order valence-electron chi connectivity index (χ2n) is 22.0. The molecule has 0 aliphatic carbocycles. The molecule has 0 saturated carbocycles. The molecule has 0 N–H and O–H groups in total. The van der Waals surface area contributed by atoms with Crippen LogP contribution in [-0.4, -0.2) is 70.0 Å². The number of carbonyl (C=O) groups is 2. The van der Waals surface area contributed by atoms with Gasteiger partial charge in [-0.1, -0.05) is 252 Å². The minimum Gasteiger partial charge on any atom is -0.756 e. The third-order valence-electron chi connectivity index (χ3n) is 13.3. The molecular weight excluding hydrogens is 990 g/mol. The van der Waals surface area contributed by atoms with Crippen molar-refractivity contribution in [1.29, 1.82) is 0 Å². The van der Waals surface area contributed by atoms with Crippen molar-refractivity contribution in [2.24, 2.45) is 0 Å². The molecule has 0 radical (unpaired) electrons. The summed E-state index contributed by atoms with van der Waals surface area (Å²) >= 11 is 0. The SMILES string of the molecule is CC/C=C\C/C=C\C/C=C\C/C=C\C/C=C\C/C=C\CCCCCCCCCCC(=O)OC(COC(=O)CCCCCCCCCCCCCC/C=C\C/C=C\C/C=C\CCCCCCC)COP(=O)([O-])OCC[N+](C)(C)C. The Morgan fingerprint density at radius 3 is 1.09 bits per heavy atom. The van der Waals surface area contributed by atoms with Crippen molar-refractivity contribution >= 4 is 19.8 Å². The maximum Gasteiger partial charge on any atom is 0.306 e. The number of carbonyl (C=O) groups excluding carboxylic acids is 2. The van der Waals surface area contributed by atoms with Gasteiger partial charge in [-0.15, -0.1) is 0 Å². The number of esters is 2. The largest absolute Gasteiger partial charge is 0.756 e. The highest BCUT2D eigenvalue weighted by Crippen LogP contribution is 2.38. The monoisotopic (exact) mass is 1110 g/mol. The number of unbranched alkanes of at least 4 members (excludes halogenated alkanes) is 25. The maximum absolute atomic E-state index is 12.8. The van der Waals surface area contributed by atoms with Crippen molar-refractivity contribution in [2.45, 2.75) is 264 Å². The van der Waals surface area contributed by atoms with E-state index in [4.69, 9.17) is 18.5 Å². The normalized spacial score (nSPS) is 14.0. The van der Waals surface area contributed by atoms with Crippen LogP contribution in [0.4, 0.5) is 0 Å². The predicted molar refractivity (Wildman–Crippen MR) is 332 cm³/mol. The van der Waals surface area contributed by atoms with Crippen molar-refractivity contribution < 1.29 is 42.1 Å². The number of phosphoric acid groups is 1. The standard InChI is InChI=1S/C68H118NO8P/c1-6-8-10-12-14-16-18-20-22-24-26-28-30-32-34-36-38-40-42-44-46-48-50-52-54-56-58-60-67(70)74-64-66(65-76-78(72,73)75-63-62-69(3,4)5)77-68(71)61-59-57-55-53-51-49-47-45-43-41-39-37-35-33-31-29-27-25-23-21-19-17-15-13-11-9-7-2/h9,11,15,17-18,20-21,23-24,26-27,29-30,32-33,35,39,41,66H,6-8,10,12-14,16,19,22,25,28,31,34,36-38,40,42-65H2,1-5H3/b11-9-,17-15-,20-18-,23-21-,26-24-,29-27-,32-30-,35-33-,41-39-. The van der Waals surface area contributed by atoms with Crippen LogP contribution in [0, 0.1) is 0 Å². The Morgan fingerprint density at radius 2 is 0.731 bits per heavy atom. The summed E-state index contributed by atoms with van der Waals surface area (Å²) in [6.07, 6.45) is 81.4. The van der Waals surface area contributed by atoms with Gasteiger partial charge in [0.15, 0.2) is 6.10 Å². The van der Waals surface area contributed by atoms with Crippen molar-refractivity contribution in [2.75, 3.05) is 47.5 Å². The molecule has 2 atom stereocenters. The van der Waals surface area contributed by atoms with Crippen molar-refractivity contribution in [3.05, 3.63) is 109 Å². The number of ether oxygens (including phenoxy) is 2. The van der Waals surface area contributed by atoms with Gasteiger partial charge < -0.3 is 27.9 Å². The van der Waals surface area contributed by atoms with Gasteiger partial charge >= 0.3 is 11.9 Å². The topological polar surface area (TPSA) is 111 Å². The minimum atomic E-state index is -4.65. The molecule has 0 bridgehead atoms. The number of hydrogen-bond donors (Lipinski definition) is 0. The molecular formula is C68H118NO8P. The van der Waals surface area contributed by atoms with Gasteiger partial charge in [0, 0.05) is 12.8 Å². The molecule has 0 aliphatic heterocycles. The molecule has 10 heteroatoms. The first-order chi connectivity index (χ1) is 38.0. The molecule has 2 unspecified atom stereocenters. The lowest BCUT2D eigenvalue weighted by Gasteiger charge is -2.28. The number of likely N-dealkylation sites (N-methyl/N-ethyl adjacent to an activating group) is 1. The zero-order valence-corrected chi connectivity index (χ0v) is 51.7. The summed E-state index contributed by atoms with van der Waals surface area (Å²) in [7, 11) is 1.15. The van der Waals surface area contributed by atoms with E-state index < -0.39 is 26.5 Å². The third kappa shape index (κ3) is 61.9. The number of phosphoric ester groups is 1. The molecule has 0 amide bonds. The average molecular weight is 1110 g/mol. The Balaban J connectivity index is 4.17. The van der Waals surface area contributed by atoms with E-state index in [1.165, 1.54) is 128 Å². The van der Waals surface area contributed by atoms with E-state index >= 15 is 0 Å². The number of rotatable bonds is 57. The molecule has 448 valence electrons. The highest BCUT2D eigenvalue weighted by molar-refractivity contribution is 7.45. The summed E-state index contributed by atoms with van der Waals surface area (Å²) in [6.45, 7) is 4.11. The van der Waals surface area contributed by atoms with Crippen LogP contribution in [0.5, 0.6) is 0 Å². The summed E-state index contributed by atoms with van der Waals surface area (Å²) in [5, 5.41) is 0. The van der Waals surface area contributed by atoms with Crippen LogP contribution in [0.2, 0.25) is 0 Å². The first-order valence-corrected chi connectivity index (χ1v) is 33.1. The smallest absolute Gasteiger partial charge is 0.306 e. The van der Waals surface area contributed by atoms with Crippen LogP contribution >= 0.6 is 7.82 Å². The molecule has 0 aliphatic rings. The molecule has 0 aromatic rings. The fraction of sp³-hybridized carbons (Fsp3) is 0.706. The Morgan fingerprint density at radius 1 is 0.410 bits per heavy atom. The summed E-state index contributed by atoms with van der Waals surface area (Å²) in [4.78, 5) is 38.0. The van der Waals surface area contributed by atoms with Gasteiger partial charge in [0.25, 0.3) is 7.82 Å². The van der Waals surface area contributed by atoms with Crippen LogP contribution in [0.25, 0.3) is 0 Å². The lowest BCUT2D eigenvalue weighted by molar-refractivity contribution is -0.870. The predicted octanol–water partition coefficient (Wildman–Crippen LogP) is 19.5. The lowest BCUT2D eigenvalue weighted by Crippen LogP contribution is -2.37. The Labute approximate surface area is 480 Å². The quantitative estimate of drug-likeness (QED) is 0.0195. The molecule has 0 saturated heterocycles. The molecule has 0 fully saturated rings. The molecule has 0 spiro atoms. The zero-order chi connectivity index (χ0) is 57.0. The van der Waals surface area contributed by atoms with Gasteiger partial charge in [0.05, 0.1) is 27.7 Å². The second-order valence-corrected chi connectivity index (χ2v) is 23.4. The first-order valence-electron chi connectivity index (χ1n) is 31.6. The highest BCUT2D eigenvalue weighted by atomic mass is 31.2. The van der Waals surface area contributed by atoms with Crippen LogP contribution in [0.1, 0.15) is 258 Å². The van der Waals surface area contributed by atoms with Crippen molar-refractivity contribution in [1.82, 2.24) is 0 Å². The summed E-state index contributed by atoms with van der Waals surface area (Å²) < 4.78 is 34.2. The molecule has 0 aromatic heterocycles. The van der Waals surface area contributed by atoms with Crippen LogP contribution < -0.4 is 4.89 Å². The highest BCUT2D eigenvalue weighted by Gasteiger charge is 2.22. The van der Waals surface area contributed by atoms with Crippen LogP contribution in [-0.2, 0) is 32.7 Å². The Kier molecular flexibility index (Phi) is 55.8. The number of hydrogen-bond acceptors (Lipinski definition) is 8. The number of nitrogens with zero attached hydrogens (tertiary/aromatic N) is 1. The van der Waals surface area contributed by atoms with E-state index in [0.29, 0.717) is 17.4 Å². The molecule has 0 heterocycles. The zero-order valence-electron chi connectivity index (χ0n) is 50.8. The van der Waals surface area contributed by atoms with Crippen LogP contribution in [0.3, 0.4) is 0 Å². The van der Waals surface area contributed by atoms with Gasteiger partial charge in [-0.3, -0.25) is 14.2 Å².